The van der Waals surface area contributed by atoms with Gasteiger partial charge in [0, 0.05) is 22.5 Å². The highest BCUT2D eigenvalue weighted by molar-refractivity contribution is 9.08. The molecule has 6 heteroatoms. The van der Waals surface area contributed by atoms with Crippen LogP contribution in [0.4, 0.5) is 0 Å². The van der Waals surface area contributed by atoms with Crippen LogP contribution in [0.2, 0.25) is 10.0 Å². The molecule has 0 amide bonds. The second-order valence-electron chi connectivity index (χ2n) is 3.24. The average Bonchev–Trinajstić information content (AvgIpc) is 2.54. The molecule has 16 heavy (non-hydrogen) atoms. The van der Waals surface area contributed by atoms with Crippen molar-refractivity contribution in [2.24, 2.45) is 0 Å². The molecule has 0 fully saturated rings. The third-order valence-electron chi connectivity index (χ3n) is 2.39. The Balaban J connectivity index is 2.95. The molecule has 0 saturated carbocycles. The van der Waals surface area contributed by atoms with E-state index in [1.807, 2.05) is 6.92 Å². The SMILES string of the molecule is CCn1c(=O)sc2cc(Cl)c(CBr)c(Cl)c21. The first-order chi connectivity index (χ1) is 7.60. The highest BCUT2D eigenvalue weighted by atomic mass is 79.9. The fourth-order valence-corrected chi connectivity index (χ4v) is 4.33. The number of benzene rings is 1. The minimum atomic E-state index is 0.00203. The van der Waals surface area contributed by atoms with Crippen LogP contribution in [-0.2, 0) is 11.9 Å². The monoisotopic (exact) mass is 339 g/mol. The van der Waals surface area contributed by atoms with Crippen molar-refractivity contribution in [2.75, 3.05) is 0 Å². The zero-order valence-electron chi connectivity index (χ0n) is 8.39. The molecule has 0 radical (unpaired) electrons. The Bertz CT molecular complexity index is 605. The van der Waals surface area contributed by atoms with Crippen LogP contribution in [0.3, 0.4) is 0 Å². The van der Waals surface area contributed by atoms with Gasteiger partial charge in [-0.1, -0.05) is 50.5 Å². The summed E-state index contributed by atoms with van der Waals surface area (Å²) in [6, 6.07) is 1.80. The number of aryl methyl sites for hydroxylation is 1. The lowest BCUT2D eigenvalue weighted by Crippen LogP contribution is -2.11. The Morgan fingerprint density at radius 3 is 2.75 bits per heavy atom. The van der Waals surface area contributed by atoms with Crippen molar-refractivity contribution in [1.82, 2.24) is 4.57 Å². The van der Waals surface area contributed by atoms with Gasteiger partial charge in [0.2, 0.25) is 0 Å². The largest absolute Gasteiger partial charge is 0.308 e. The summed E-state index contributed by atoms with van der Waals surface area (Å²) in [6.07, 6.45) is 0. The molecule has 0 bridgehead atoms. The molecule has 2 aromatic rings. The molecule has 0 unspecified atom stereocenters. The van der Waals surface area contributed by atoms with Crippen LogP contribution >= 0.6 is 50.5 Å². The number of thiazole rings is 1. The number of rotatable bonds is 2. The van der Waals surface area contributed by atoms with E-state index < -0.39 is 0 Å². The molecule has 0 saturated heterocycles. The Morgan fingerprint density at radius 2 is 2.19 bits per heavy atom. The van der Waals surface area contributed by atoms with Gasteiger partial charge >= 0.3 is 4.87 Å². The number of alkyl halides is 1. The standard InChI is InChI=1S/C10H8BrCl2NOS/c1-2-14-9-7(16-10(14)15)3-6(12)5(4-11)8(9)13/h3H,2,4H2,1H3. The molecule has 0 aliphatic heterocycles. The molecule has 0 aliphatic carbocycles. The first kappa shape index (κ1) is 12.4. The Labute approximate surface area is 115 Å². The van der Waals surface area contributed by atoms with Gasteiger partial charge in [-0.3, -0.25) is 9.36 Å². The van der Waals surface area contributed by atoms with Gasteiger partial charge in [0.05, 0.1) is 15.2 Å². The summed E-state index contributed by atoms with van der Waals surface area (Å²) in [4.78, 5) is 11.7. The van der Waals surface area contributed by atoms with Crippen molar-refractivity contribution >= 4 is 60.7 Å². The van der Waals surface area contributed by atoms with Crippen LogP contribution in [0.1, 0.15) is 12.5 Å². The summed E-state index contributed by atoms with van der Waals surface area (Å²) in [7, 11) is 0. The van der Waals surface area contributed by atoms with Crippen molar-refractivity contribution in [1.29, 1.82) is 0 Å². The first-order valence-electron chi connectivity index (χ1n) is 4.66. The lowest BCUT2D eigenvalue weighted by atomic mass is 10.2. The number of halogens is 3. The number of hydrogen-bond donors (Lipinski definition) is 0. The maximum atomic E-state index is 11.7. The van der Waals surface area contributed by atoms with Gasteiger partial charge < -0.3 is 0 Å². The molecule has 0 N–H and O–H groups in total. The number of hydrogen-bond acceptors (Lipinski definition) is 2. The van der Waals surface area contributed by atoms with Crippen LogP contribution in [0, 0.1) is 0 Å². The summed E-state index contributed by atoms with van der Waals surface area (Å²) in [5.41, 5.74) is 1.62. The van der Waals surface area contributed by atoms with Gasteiger partial charge in [0.15, 0.2) is 0 Å². The first-order valence-corrected chi connectivity index (χ1v) is 7.35. The van der Waals surface area contributed by atoms with E-state index in [0.29, 0.717) is 21.9 Å². The molecular formula is C10H8BrCl2NOS. The van der Waals surface area contributed by atoms with Gasteiger partial charge in [-0.15, -0.1) is 0 Å². The van der Waals surface area contributed by atoms with Crippen molar-refractivity contribution in [3.05, 3.63) is 31.3 Å². The quantitative estimate of drug-likeness (QED) is 0.747. The van der Waals surface area contributed by atoms with Gasteiger partial charge in [0.25, 0.3) is 0 Å². The van der Waals surface area contributed by atoms with Crippen molar-refractivity contribution in [3.63, 3.8) is 0 Å². The zero-order chi connectivity index (χ0) is 11.9. The molecule has 0 atom stereocenters. The molecule has 0 spiro atoms. The Hall–Kier alpha value is -0.0300. The maximum Gasteiger partial charge on any atom is 0.308 e. The molecule has 1 aromatic heterocycles. The molecule has 2 nitrogen and oxygen atoms in total. The lowest BCUT2D eigenvalue weighted by Gasteiger charge is -2.07. The minimum absolute atomic E-state index is 0.00203. The van der Waals surface area contributed by atoms with Crippen LogP contribution in [0.5, 0.6) is 0 Å². The van der Waals surface area contributed by atoms with E-state index in [0.717, 1.165) is 15.8 Å². The molecule has 1 heterocycles. The van der Waals surface area contributed by atoms with E-state index >= 15 is 0 Å². The van der Waals surface area contributed by atoms with Crippen molar-refractivity contribution in [3.8, 4) is 0 Å². The van der Waals surface area contributed by atoms with Crippen LogP contribution < -0.4 is 4.87 Å². The predicted octanol–water partition coefficient (Wildman–Crippen LogP) is 4.28. The zero-order valence-corrected chi connectivity index (χ0v) is 12.3. The van der Waals surface area contributed by atoms with Gasteiger partial charge in [-0.05, 0) is 13.0 Å². The van der Waals surface area contributed by atoms with Crippen LogP contribution in [0.25, 0.3) is 10.2 Å². The summed E-state index contributed by atoms with van der Waals surface area (Å²) in [6.45, 7) is 2.54. The average molecular weight is 341 g/mol. The molecule has 2 rings (SSSR count). The van der Waals surface area contributed by atoms with Gasteiger partial charge in [0.1, 0.15) is 0 Å². The van der Waals surface area contributed by atoms with E-state index in [-0.39, 0.29) is 4.87 Å². The molecule has 86 valence electrons. The fourth-order valence-electron chi connectivity index (χ4n) is 1.61. The van der Waals surface area contributed by atoms with E-state index in [9.17, 15) is 4.79 Å². The number of aromatic nitrogens is 1. The Morgan fingerprint density at radius 1 is 1.50 bits per heavy atom. The Kier molecular flexibility index (Phi) is 3.64. The van der Waals surface area contributed by atoms with Crippen LogP contribution in [-0.4, -0.2) is 4.57 Å². The highest BCUT2D eigenvalue weighted by Gasteiger charge is 2.15. The third kappa shape index (κ3) is 1.82. The van der Waals surface area contributed by atoms with Gasteiger partial charge in [-0.2, -0.15) is 0 Å². The van der Waals surface area contributed by atoms with Crippen LogP contribution in [0.15, 0.2) is 10.9 Å². The number of nitrogens with zero attached hydrogens (tertiary/aromatic N) is 1. The predicted molar refractivity (Wildman–Crippen MR) is 74.4 cm³/mol. The molecule has 0 aliphatic rings. The lowest BCUT2D eigenvalue weighted by molar-refractivity contribution is 0.778. The summed E-state index contributed by atoms with van der Waals surface area (Å²) < 4.78 is 2.51. The summed E-state index contributed by atoms with van der Waals surface area (Å²) in [5.74, 6) is 0. The molecular weight excluding hydrogens is 333 g/mol. The van der Waals surface area contributed by atoms with E-state index in [1.54, 1.807) is 10.6 Å². The van der Waals surface area contributed by atoms with Crippen molar-refractivity contribution in [2.45, 2.75) is 18.8 Å². The van der Waals surface area contributed by atoms with E-state index in [1.165, 1.54) is 11.3 Å². The van der Waals surface area contributed by atoms with E-state index in [2.05, 4.69) is 15.9 Å². The normalized spacial score (nSPS) is 11.2. The fraction of sp³-hybridized carbons (Fsp3) is 0.300. The third-order valence-corrected chi connectivity index (χ3v) is 4.62. The van der Waals surface area contributed by atoms with E-state index in [4.69, 9.17) is 23.2 Å². The summed E-state index contributed by atoms with van der Waals surface area (Å²) >= 11 is 16.9. The number of fused-ring (bicyclic) bond motifs is 1. The second-order valence-corrected chi connectivity index (χ2v) is 5.58. The second kappa shape index (κ2) is 4.69. The van der Waals surface area contributed by atoms with Crippen molar-refractivity contribution < 1.29 is 0 Å². The smallest absolute Gasteiger partial charge is 0.297 e. The molecule has 1 aromatic carbocycles. The topological polar surface area (TPSA) is 22.0 Å². The minimum Gasteiger partial charge on any atom is -0.297 e. The summed E-state index contributed by atoms with van der Waals surface area (Å²) in [5, 5.41) is 1.74. The van der Waals surface area contributed by atoms with Gasteiger partial charge in [-0.25, -0.2) is 0 Å². The maximum absolute atomic E-state index is 11.7. The highest BCUT2D eigenvalue weighted by Crippen LogP contribution is 2.35.